The molecule has 1 heterocycles. The molecule has 0 bridgehead atoms. The van der Waals surface area contributed by atoms with E-state index in [1.807, 2.05) is 6.08 Å². The van der Waals surface area contributed by atoms with Crippen LogP contribution >= 0.6 is 0 Å². The minimum atomic E-state index is 0.340. The molecule has 1 rings (SSSR count). The lowest BCUT2D eigenvalue weighted by Crippen LogP contribution is -2.37. The Morgan fingerprint density at radius 1 is 1.69 bits per heavy atom. The molecule has 0 amide bonds. The number of nitrogens with one attached hydrogen (secondary N) is 1. The fourth-order valence-corrected chi connectivity index (χ4v) is 1.67. The molecule has 72 valence electrons. The second kappa shape index (κ2) is 5.74. The first-order valence-electron chi connectivity index (χ1n) is 4.80. The first kappa shape index (κ1) is 10.2. The van der Waals surface area contributed by atoms with Crippen molar-refractivity contribution in [3.05, 3.63) is 12.7 Å². The molecule has 0 aromatic rings. The summed E-state index contributed by atoms with van der Waals surface area (Å²) in [6.45, 7) is 7.78. The maximum atomic E-state index is 8.60. The number of nitriles is 1. The van der Waals surface area contributed by atoms with Gasteiger partial charge in [-0.1, -0.05) is 6.08 Å². The second-order valence-corrected chi connectivity index (χ2v) is 3.42. The van der Waals surface area contributed by atoms with Crippen LogP contribution in [0.25, 0.3) is 0 Å². The van der Waals surface area contributed by atoms with Crippen LogP contribution in [0.4, 0.5) is 0 Å². The molecule has 0 spiro atoms. The molecule has 13 heavy (non-hydrogen) atoms. The zero-order chi connectivity index (χ0) is 9.52. The van der Waals surface area contributed by atoms with Crippen LogP contribution in [0.3, 0.4) is 0 Å². The number of hydrogen-bond donors (Lipinski definition) is 1. The molecule has 1 aliphatic heterocycles. The summed E-state index contributed by atoms with van der Waals surface area (Å²) in [6.07, 6.45) is 3.69. The van der Waals surface area contributed by atoms with Crippen LogP contribution in [-0.4, -0.2) is 37.1 Å². The average molecular weight is 179 g/mol. The predicted octanol–water partition coefficient (Wildman–Crippen LogP) is 0.750. The zero-order valence-corrected chi connectivity index (χ0v) is 8.00. The highest BCUT2D eigenvalue weighted by atomic mass is 15.2. The average Bonchev–Trinajstić information content (AvgIpc) is 2.32. The van der Waals surface area contributed by atoms with Crippen molar-refractivity contribution in [3.63, 3.8) is 0 Å². The molecule has 1 fully saturated rings. The monoisotopic (exact) mass is 179 g/mol. The maximum Gasteiger partial charge on any atom is 0.0638 e. The van der Waals surface area contributed by atoms with E-state index in [4.69, 9.17) is 5.26 Å². The van der Waals surface area contributed by atoms with Crippen LogP contribution in [0, 0.1) is 11.3 Å². The van der Waals surface area contributed by atoms with E-state index in [1.165, 1.54) is 0 Å². The van der Waals surface area contributed by atoms with Crippen molar-refractivity contribution in [2.75, 3.05) is 26.2 Å². The summed E-state index contributed by atoms with van der Waals surface area (Å²) >= 11 is 0. The first-order valence-corrected chi connectivity index (χ1v) is 4.80. The third-order valence-corrected chi connectivity index (χ3v) is 2.29. The van der Waals surface area contributed by atoms with Crippen LogP contribution in [0.5, 0.6) is 0 Å². The molecule has 1 saturated heterocycles. The van der Waals surface area contributed by atoms with E-state index in [0.717, 1.165) is 32.6 Å². The fourth-order valence-electron chi connectivity index (χ4n) is 1.67. The van der Waals surface area contributed by atoms with Gasteiger partial charge in [-0.05, 0) is 19.5 Å². The normalized spacial score (nSPS) is 24.7. The van der Waals surface area contributed by atoms with Gasteiger partial charge in [0.1, 0.15) is 0 Å². The van der Waals surface area contributed by atoms with Crippen molar-refractivity contribution in [3.8, 4) is 6.07 Å². The van der Waals surface area contributed by atoms with Crippen molar-refractivity contribution >= 4 is 0 Å². The van der Waals surface area contributed by atoms with Gasteiger partial charge in [-0.2, -0.15) is 5.26 Å². The smallest absolute Gasteiger partial charge is 0.0638 e. The van der Waals surface area contributed by atoms with Gasteiger partial charge in [0.25, 0.3) is 0 Å². The first-order chi connectivity index (χ1) is 6.36. The molecule has 1 unspecified atom stereocenters. The molecule has 0 aromatic heterocycles. The molecule has 3 heteroatoms. The summed E-state index contributed by atoms with van der Waals surface area (Å²) in [5.41, 5.74) is 0. The summed E-state index contributed by atoms with van der Waals surface area (Å²) in [4.78, 5) is 2.34. The van der Waals surface area contributed by atoms with Gasteiger partial charge in [-0.25, -0.2) is 0 Å². The Balaban J connectivity index is 2.40. The predicted molar refractivity (Wildman–Crippen MR) is 53.3 cm³/mol. The van der Waals surface area contributed by atoms with Crippen LogP contribution in [0.1, 0.15) is 12.8 Å². The lowest BCUT2D eigenvalue weighted by molar-refractivity contribution is 0.296. The largest absolute Gasteiger partial charge is 0.312 e. The van der Waals surface area contributed by atoms with Crippen LogP contribution in [0.2, 0.25) is 0 Å². The van der Waals surface area contributed by atoms with Crippen LogP contribution < -0.4 is 5.32 Å². The van der Waals surface area contributed by atoms with Gasteiger partial charge in [-0.3, -0.25) is 4.90 Å². The van der Waals surface area contributed by atoms with Crippen molar-refractivity contribution in [1.82, 2.24) is 10.2 Å². The molecular weight excluding hydrogens is 162 g/mol. The van der Waals surface area contributed by atoms with E-state index in [-0.39, 0.29) is 0 Å². The summed E-state index contributed by atoms with van der Waals surface area (Å²) in [5.74, 6) is 0. The summed E-state index contributed by atoms with van der Waals surface area (Å²) in [7, 11) is 0. The Morgan fingerprint density at radius 2 is 2.54 bits per heavy atom. The Bertz CT molecular complexity index is 195. The SMILES string of the molecule is C=CCN1CCCNC(CC#N)C1. The zero-order valence-electron chi connectivity index (χ0n) is 8.00. The highest BCUT2D eigenvalue weighted by Gasteiger charge is 2.15. The van der Waals surface area contributed by atoms with Gasteiger partial charge in [0.2, 0.25) is 0 Å². The number of nitrogens with zero attached hydrogens (tertiary/aromatic N) is 2. The topological polar surface area (TPSA) is 39.1 Å². The standard InChI is InChI=1S/C10H17N3/c1-2-7-13-8-3-6-12-10(9-13)4-5-11/h2,10,12H,1,3-4,6-9H2. The Kier molecular flexibility index (Phi) is 4.52. The van der Waals surface area contributed by atoms with Gasteiger partial charge in [-0.15, -0.1) is 6.58 Å². The maximum absolute atomic E-state index is 8.60. The molecule has 0 aromatic carbocycles. The number of hydrogen-bond acceptors (Lipinski definition) is 3. The number of rotatable bonds is 3. The van der Waals surface area contributed by atoms with Crippen LogP contribution in [0.15, 0.2) is 12.7 Å². The minimum Gasteiger partial charge on any atom is -0.312 e. The van der Waals surface area contributed by atoms with Crippen molar-refractivity contribution < 1.29 is 0 Å². The Labute approximate surface area is 80.0 Å². The lowest BCUT2D eigenvalue weighted by Gasteiger charge is -2.21. The van der Waals surface area contributed by atoms with Crippen LogP contribution in [-0.2, 0) is 0 Å². The van der Waals surface area contributed by atoms with Gasteiger partial charge in [0, 0.05) is 19.1 Å². The van der Waals surface area contributed by atoms with E-state index >= 15 is 0 Å². The minimum absolute atomic E-state index is 0.340. The highest BCUT2D eigenvalue weighted by Crippen LogP contribution is 2.02. The van der Waals surface area contributed by atoms with E-state index < -0.39 is 0 Å². The van der Waals surface area contributed by atoms with Crippen molar-refractivity contribution in [1.29, 1.82) is 5.26 Å². The van der Waals surface area contributed by atoms with Crippen molar-refractivity contribution in [2.45, 2.75) is 18.9 Å². The molecule has 1 atom stereocenters. The summed E-state index contributed by atoms with van der Waals surface area (Å²) < 4.78 is 0. The Hall–Kier alpha value is -0.850. The van der Waals surface area contributed by atoms with Gasteiger partial charge in [0.15, 0.2) is 0 Å². The fraction of sp³-hybridized carbons (Fsp3) is 0.700. The van der Waals surface area contributed by atoms with E-state index in [2.05, 4.69) is 22.9 Å². The molecule has 1 aliphatic rings. The van der Waals surface area contributed by atoms with Gasteiger partial charge >= 0.3 is 0 Å². The Morgan fingerprint density at radius 3 is 3.23 bits per heavy atom. The third kappa shape index (κ3) is 3.58. The van der Waals surface area contributed by atoms with E-state index in [0.29, 0.717) is 12.5 Å². The summed E-state index contributed by atoms with van der Waals surface area (Å²) in [6, 6.07) is 2.55. The van der Waals surface area contributed by atoms with Gasteiger partial charge in [0.05, 0.1) is 12.5 Å². The molecule has 3 nitrogen and oxygen atoms in total. The molecule has 0 aliphatic carbocycles. The van der Waals surface area contributed by atoms with E-state index in [1.54, 1.807) is 0 Å². The summed E-state index contributed by atoms with van der Waals surface area (Å²) in [5, 5.41) is 12.0. The van der Waals surface area contributed by atoms with E-state index in [9.17, 15) is 0 Å². The highest BCUT2D eigenvalue weighted by molar-refractivity contribution is 4.86. The molecule has 0 saturated carbocycles. The lowest BCUT2D eigenvalue weighted by atomic mass is 10.2. The third-order valence-electron chi connectivity index (χ3n) is 2.29. The van der Waals surface area contributed by atoms with Gasteiger partial charge < -0.3 is 5.32 Å². The molecule has 1 N–H and O–H groups in total. The second-order valence-electron chi connectivity index (χ2n) is 3.42. The quantitative estimate of drug-likeness (QED) is 0.650. The molecular formula is C10H17N3. The van der Waals surface area contributed by atoms with Crippen molar-refractivity contribution in [2.24, 2.45) is 0 Å². The molecule has 0 radical (unpaired) electrons.